The van der Waals surface area contributed by atoms with Crippen LogP contribution in [0.3, 0.4) is 0 Å². The Morgan fingerprint density at radius 3 is 2.67 bits per heavy atom. The molecular weight excluding hydrogens is 154 g/mol. The van der Waals surface area contributed by atoms with Crippen molar-refractivity contribution in [2.75, 3.05) is 6.61 Å². The first-order chi connectivity index (χ1) is 5.83. The average Bonchev–Trinajstić information content (AvgIpc) is 2.06. The molecule has 0 spiro atoms. The molecule has 1 aliphatic carbocycles. The zero-order valence-electron chi connectivity index (χ0n) is 7.58. The van der Waals surface area contributed by atoms with Crippen molar-refractivity contribution in [2.45, 2.75) is 45.1 Å². The lowest BCUT2D eigenvalue weighted by Gasteiger charge is -2.19. The first kappa shape index (κ1) is 9.36. The molecule has 0 unspecified atom stereocenters. The van der Waals surface area contributed by atoms with E-state index in [1.165, 1.54) is 19.3 Å². The van der Waals surface area contributed by atoms with Gasteiger partial charge in [-0.15, -0.1) is 0 Å². The molecule has 69 valence electrons. The summed E-state index contributed by atoms with van der Waals surface area (Å²) in [5.41, 5.74) is 0. The van der Waals surface area contributed by atoms with Gasteiger partial charge in [-0.05, 0) is 19.8 Å². The Balaban J connectivity index is 2.15. The van der Waals surface area contributed by atoms with Crippen LogP contribution in [0.4, 0.5) is 4.79 Å². The van der Waals surface area contributed by atoms with E-state index >= 15 is 0 Å². The maximum Gasteiger partial charge on any atom is 0.429 e. The third-order valence-electron chi connectivity index (χ3n) is 2.13. The minimum absolute atomic E-state index is 0.234. The molecule has 0 bridgehead atoms. The lowest BCUT2D eigenvalue weighted by Crippen LogP contribution is -2.30. The molecule has 3 nitrogen and oxygen atoms in total. The summed E-state index contributed by atoms with van der Waals surface area (Å²) >= 11 is 0. The van der Waals surface area contributed by atoms with E-state index in [-0.39, 0.29) is 12.1 Å². The number of hydrogen-bond donors (Lipinski definition) is 0. The van der Waals surface area contributed by atoms with Crippen molar-refractivity contribution in [3.8, 4) is 0 Å². The van der Waals surface area contributed by atoms with Crippen LogP contribution in [0.1, 0.15) is 39.0 Å². The minimum atomic E-state index is -0.385. The molecular formula is C9H16NO2. The molecule has 3 heteroatoms. The van der Waals surface area contributed by atoms with E-state index in [9.17, 15) is 4.79 Å². The van der Waals surface area contributed by atoms with Crippen LogP contribution < -0.4 is 5.32 Å². The lowest BCUT2D eigenvalue weighted by molar-refractivity contribution is 0.143. The van der Waals surface area contributed by atoms with Gasteiger partial charge in [-0.3, -0.25) is 0 Å². The summed E-state index contributed by atoms with van der Waals surface area (Å²) in [7, 11) is 0. The summed E-state index contributed by atoms with van der Waals surface area (Å²) in [5, 5.41) is 3.96. The number of nitrogens with zero attached hydrogens (tertiary/aromatic N) is 1. The highest BCUT2D eigenvalue weighted by atomic mass is 16.5. The van der Waals surface area contributed by atoms with Gasteiger partial charge in [0.15, 0.2) is 0 Å². The monoisotopic (exact) mass is 170 g/mol. The topological polar surface area (TPSA) is 40.4 Å². The van der Waals surface area contributed by atoms with Crippen LogP contribution >= 0.6 is 0 Å². The Labute approximate surface area is 73.5 Å². The highest BCUT2D eigenvalue weighted by molar-refractivity contribution is 5.67. The van der Waals surface area contributed by atoms with Crippen molar-refractivity contribution < 1.29 is 9.53 Å². The second kappa shape index (κ2) is 5.01. The van der Waals surface area contributed by atoms with Crippen LogP contribution in [0.15, 0.2) is 0 Å². The largest absolute Gasteiger partial charge is 0.448 e. The predicted molar refractivity (Wildman–Crippen MR) is 46.0 cm³/mol. The van der Waals surface area contributed by atoms with Gasteiger partial charge in [-0.1, -0.05) is 19.3 Å². The van der Waals surface area contributed by atoms with Crippen molar-refractivity contribution >= 4 is 6.09 Å². The lowest BCUT2D eigenvalue weighted by atomic mass is 9.96. The Morgan fingerprint density at radius 2 is 2.08 bits per heavy atom. The Kier molecular flexibility index (Phi) is 3.91. The second-order valence-electron chi connectivity index (χ2n) is 3.12. The summed E-state index contributed by atoms with van der Waals surface area (Å²) in [5.74, 6) is 0. The van der Waals surface area contributed by atoms with E-state index in [0.717, 1.165) is 12.8 Å². The summed E-state index contributed by atoms with van der Waals surface area (Å²) in [6.07, 6.45) is 5.41. The molecule has 1 saturated carbocycles. The SMILES string of the molecule is CCOC(=O)[N]C1CCCCC1. The molecule has 1 rings (SSSR count). The van der Waals surface area contributed by atoms with Crippen molar-refractivity contribution in [3.05, 3.63) is 0 Å². The molecule has 0 N–H and O–H groups in total. The average molecular weight is 170 g/mol. The number of amides is 1. The summed E-state index contributed by atoms with van der Waals surface area (Å²) in [6, 6.07) is 0.234. The van der Waals surface area contributed by atoms with E-state index in [1.807, 2.05) is 0 Å². The van der Waals surface area contributed by atoms with Crippen molar-refractivity contribution in [3.63, 3.8) is 0 Å². The fourth-order valence-corrected chi connectivity index (χ4v) is 1.52. The minimum Gasteiger partial charge on any atom is -0.448 e. The highest BCUT2D eigenvalue weighted by Crippen LogP contribution is 2.18. The molecule has 12 heavy (non-hydrogen) atoms. The number of ether oxygens (including phenoxy) is 1. The predicted octanol–water partition coefficient (Wildman–Crippen LogP) is 2.08. The maximum absolute atomic E-state index is 10.9. The molecule has 0 saturated heterocycles. The third-order valence-corrected chi connectivity index (χ3v) is 2.13. The van der Waals surface area contributed by atoms with Crippen molar-refractivity contribution in [1.82, 2.24) is 5.32 Å². The van der Waals surface area contributed by atoms with Crippen molar-refractivity contribution in [2.24, 2.45) is 0 Å². The fourth-order valence-electron chi connectivity index (χ4n) is 1.52. The molecule has 0 atom stereocenters. The number of hydrogen-bond acceptors (Lipinski definition) is 2. The van der Waals surface area contributed by atoms with Gasteiger partial charge in [-0.2, -0.15) is 0 Å². The molecule has 1 fully saturated rings. The third kappa shape index (κ3) is 3.11. The summed E-state index contributed by atoms with van der Waals surface area (Å²) in [4.78, 5) is 10.9. The van der Waals surface area contributed by atoms with Gasteiger partial charge in [0, 0.05) is 0 Å². The first-order valence-electron chi connectivity index (χ1n) is 4.70. The van der Waals surface area contributed by atoms with Gasteiger partial charge in [0.2, 0.25) is 0 Å². The van der Waals surface area contributed by atoms with Crippen LogP contribution in [0.25, 0.3) is 0 Å². The Morgan fingerprint density at radius 1 is 1.42 bits per heavy atom. The zero-order valence-corrected chi connectivity index (χ0v) is 7.58. The summed E-state index contributed by atoms with van der Waals surface area (Å²) < 4.78 is 4.74. The Hall–Kier alpha value is -0.730. The number of carbonyl (C=O) groups excluding carboxylic acids is 1. The van der Waals surface area contributed by atoms with E-state index in [0.29, 0.717) is 6.61 Å². The quantitative estimate of drug-likeness (QED) is 0.636. The summed E-state index contributed by atoms with van der Waals surface area (Å²) in [6.45, 7) is 2.23. The highest BCUT2D eigenvalue weighted by Gasteiger charge is 2.17. The van der Waals surface area contributed by atoms with Gasteiger partial charge in [0.05, 0.1) is 12.6 Å². The zero-order chi connectivity index (χ0) is 8.81. The van der Waals surface area contributed by atoms with Gasteiger partial charge in [-0.25, -0.2) is 10.1 Å². The Bertz CT molecular complexity index is 141. The molecule has 0 aromatic rings. The van der Waals surface area contributed by atoms with Crippen molar-refractivity contribution in [1.29, 1.82) is 0 Å². The number of rotatable bonds is 2. The van der Waals surface area contributed by atoms with Crippen LogP contribution in [-0.4, -0.2) is 18.7 Å². The van der Waals surface area contributed by atoms with Crippen LogP contribution in [0.5, 0.6) is 0 Å². The normalized spacial score (nSPS) is 18.8. The van der Waals surface area contributed by atoms with Crippen LogP contribution in [-0.2, 0) is 4.74 Å². The van der Waals surface area contributed by atoms with Gasteiger partial charge >= 0.3 is 6.09 Å². The van der Waals surface area contributed by atoms with E-state index in [4.69, 9.17) is 4.74 Å². The standard InChI is InChI=1S/C9H16NO2/c1-2-12-9(11)10-8-6-4-3-5-7-8/h8H,2-7H2,1H3. The van der Waals surface area contributed by atoms with Gasteiger partial charge in [0.1, 0.15) is 0 Å². The molecule has 0 aromatic heterocycles. The second-order valence-corrected chi connectivity index (χ2v) is 3.12. The van der Waals surface area contributed by atoms with E-state index in [1.54, 1.807) is 6.92 Å². The maximum atomic E-state index is 10.9. The smallest absolute Gasteiger partial charge is 0.429 e. The van der Waals surface area contributed by atoms with Gasteiger partial charge in [0.25, 0.3) is 0 Å². The van der Waals surface area contributed by atoms with Crippen LogP contribution in [0.2, 0.25) is 0 Å². The van der Waals surface area contributed by atoms with Crippen LogP contribution in [0, 0.1) is 0 Å². The fraction of sp³-hybridized carbons (Fsp3) is 0.889. The molecule has 0 aromatic carbocycles. The van der Waals surface area contributed by atoms with Gasteiger partial charge < -0.3 is 4.74 Å². The first-order valence-corrected chi connectivity index (χ1v) is 4.70. The molecule has 1 amide bonds. The molecule has 0 aliphatic heterocycles. The molecule has 0 heterocycles. The van der Waals surface area contributed by atoms with E-state index in [2.05, 4.69) is 5.32 Å². The molecule has 1 radical (unpaired) electrons. The van der Waals surface area contributed by atoms with E-state index < -0.39 is 0 Å². The number of carbonyl (C=O) groups is 1. The molecule has 1 aliphatic rings.